The molecular weight excluding hydrogens is 718 g/mol. The lowest BCUT2D eigenvalue weighted by Gasteiger charge is -2.31. The van der Waals surface area contributed by atoms with Crippen LogP contribution < -0.4 is 11.1 Å². The zero-order valence-electron chi connectivity index (χ0n) is 29.5. The number of rotatable bonds is 5. The van der Waals surface area contributed by atoms with Gasteiger partial charge in [0, 0.05) is 62.4 Å². The smallest absolute Gasteiger partial charge is 0.335 e. The highest BCUT2D eigenvalue weighted by atomic mass is 35.5. The maximum absolute atomic E-state index is 13.5. The van der Waals surface area contributed by atoms with Crippen molar-refractivity contribution in [2.45, 2.75) is 36.9 Å². The van der Waals surface area contributed by atoms with Crippen LogP contribution in [0.4, 0.5) is 8.78 Å². The molecule has 0 aromatic heterocycles. The Labute approximate surface area is 319 Å². The molecular formula is C42H43ClF2N2O7. The normalized spacial score (nSPS) is 16.8. The number of carboxylic acids is 1. The average molecular weight is 761 g/mol. The van der Waals surface area contributed by atoms with E-state index in [1.54, 1.807) is 72.8 Å². The Morgan fingerprint density at radius 1 is 0.685 bits per heavy atom. The van der Waals surface area contributed by atoms with Gasteiger partial charge in [-0.3, -0.25) is 4.79 Å². The predicted octanol–water partition coefficient (Wildman–Crippen LogP) is 5.33. The molecule has 2 aliphatic rings. The van der Waals surface area contributed by atoms with E-state index < -0.39 is 17.2 Å². The van der Waals surface area contributed by atoms with E-state index in [1.807, 2.05) is 0 Å². The number of amides is 1. The highest BCUT2D eigenvalue weighted by molar-refractivity contribution is 5.94. The zero-order chi connectivity index (χ0) is 38.1. The van der Waals surface area contributed by atoms with Gasteiger partial charge in [-0.1, -0.05) is 47.9 Å². The molecule has 12 heteroatoms. The van der Waals surface area contributed by atoms with E-state index in [0.717, 1.165) is 6.42 Å². The number of nitrogens with two attached hydrogens (primary N) is 1. The Bertz CT molecular complexity index is 1940. The van der Waals surface area contributed by atoms with Crippen molar-refractivity contribution in [2.24, 2.45) is 5.73 Å². The molecule has 4 aromatic rings. The Morgan fingerprint density at radius 2 is 1.19 bits per heavy atom. The third-order valence-electron chi connectivity index (χ3n) is 8.39. The van der Waals surface area contributed by atoms with Gasteiger partial charge < -0.3 is 35.8 Å². The van der Waals surface area contributed by atoms with Gasteiger partial charge in [-0.2, -0.15) is 0 Å². The highest BCUT2D eigenvalue weighted by Gasteiger charge is 2.30. The number of hydrogen-bond donors (Lipinski definition) is 5. The molecule has 1 atom stereocenters. The van der Waals surface area contributed by atoms with Crippen LogP contribution in [0, 0.1) is 35.3 Å². The van der Waals surface area contributed by atoms with Crippen LogP contribution in [0.1, 0.15) is 68.7 Å². The molecule has 2 heterocycles. The van der Waals surface area contributed by atoms with Crippen molar-refractivity contribution in [1.29, 1.82) is 0 Å². The fourth-order valence-electron chi connectivity index (χ4n) is 5.08. The summed E-state index contributed by atoms with van der Waals surface area (Å²) in [7, 11) is 0. The molecule has 2 fully saturated rings. The number of carbonyl (C=O) groups excluding carboxylic acids is 1. The molecule has 0 aliphatic carbocycles. The molecule has 4 aromatic carbocycles. The molecule has 54 heavy (non-hydrogen) atoms. The van der Waals surface area contributed by atoms with Crippen molar-refractivity contribution in [3.63, 3.8) is 0 Å². The van der Waals surface area contributed by atoms with Crippen molar-refractivity contribution >= 4 is 24.3 Å². The van der Waals surface area contributed by atoms with Crippen LogP contribution in [-0.4, -0.2) is 77.9 Å². The van der Waals surface area contributed by atoms with E-state index in [4.69, 9.17) is 20.3 Å². The molecule has 6 N–H and O–H groups in total. The molecule has 1 unspecified atom stereocenters. The van der Waals surface area contributed by atoms with Crippen LogP contribution in [0.5, 0.6) is 0 Å². The average Bonchev–Trinajstić information content (AvgIpc) is 3.18. The van der Waals surface area contributed by atoms with Gasteiger partial charge >= 0.3 is 5.97 Å². The Balaban J connectivity index is 0.000000242. The fourth-order valence-corrected chi connectivity index (χ4v) is 5.08. The van der Waals surface area contributed by atoms with E-state index in [-0.39, 0.29) is 48.7 Å². The van der Waals surface area contributed by atoms with Gasteiger partial charge in [-0.15, -0.1) is 12.4 Å². The first-order chi connectivity index (χ1) is 25.5. The number of carbonyl (C=O) groups is 2. The molecule has 2 aliphatic heterocycles. The van der Waals surface area contributed by atoms with E-state index >= 15 is 0 Å². The molecule has 1 amide bonds. The maximum Gasteiger partial charge on any atom is 0.335 e. The minimum absolute atomic E-state index is 0. The topological polar surface area (TPSA) is 151 Å². The van der Waals surface area contributed by atoms with Crippen LogP contribution in [-0.2, 0) is 9.47 Å². The number of aliphatic hydroxyl groups is 2. The summed E-state index contributed by atoms with van der Waals surface area (Å²) in [6.45, 7) is 2.68. The summed E-state index contributed by atoms with van der Waals surface area (Å²) in [5, 5.41) is 31.3. The van der Waals surface area contributed by atoms with Crippen LogP contribution >= 0.6 is 12.4 Å². The first-order valence-electron chi connectivity index (χ1n) is 17.0. The third kappa shape index (κ3) is 14.0. The van der Waals surface area contributed by atoms with E-state index in [1.165, 1.54) is 24.3 Å². The summed E-state index contributed by atoms with van der Waals surface area (Å²) < 4.78 is 37.1. The number of ether oxygens (including phenoxy) is 2. The minimum Gasteiger partial charge on any atom is -0.478 e. The van der Waals surface area contributed by atoms with Crippen LogP contribution in [0.2, 0.25) is 0 Å². The molecule has 9 nitrogen and oxygen atoms in total. The van der Waals surface area contributed by atoms with Gasteiger partial charge in [-0.05, 0) is 85.6 Å². The van der Waals surface area contributed by atoms with Crippen molar-refractivity contribution in [1.82, 2.24) is 5.32 Å². The molecule has 0 saturated carbocycles. The van der Waals surface area contributed by atoms with Crippen LogP contribution in [0.3, 0.4) is 0 Å². The van der Waals surface area contributed by atoms with Crippen molar-refractivity contribution in [3.05, 3.63) is 142 Å². The lowest BCUT2D eigenvalue weighted by atomic mass is 9.95. The Morgan fingerprint density at radius 3 is 1.61 bits per heavy atom. The van der Waals surface area contributed by atoms with Gasteiger partial charge in [-0.25, -0.2) is 13.6 Å². The van der Waals surface area contributed by atoms with E-state index in [9.17, 15) is 28.6 Å². The second kappa shape index (κ2) is 21.6. The van der Waals surface area contributed by atoms with E-state index in [0.29, 0.717) is 73.4 Å². The van der Waals surface area contributed by atoms with Gasteiger partial charge in [0.15, 0.2) is 0 Å². The number of halogens is 3. The van der Waals surface area contributed by atoms with Gasteiger partial charge in [0.2, 0.25) is 0 Å². The SMILES string of the molecule is Cl.NCC1(O)CCOCC1.O=C(NCC1(O)CCCOC1)c1ccc(C#Cc2ccccc2F)cc1.O=C(O)c1ccc(C#Cc2ccccc2F)cc1. The molecule has 0 spiro atoms. The third-order valence-corrected chi connectivity index (χ3v) is 8.39. The first kappa shape index (κ1) is 43.3. The van der Waals surface area contributed by atoms with Gasteiger partial charge in [0.25, 0.3) is 5.91 Å². The number of benzene rings is 4. The van der Waals surface area contributed by atoms with Crippen molar-refractivity contribution in [2.75, 3.05) is 39.5 Å². The van der Waals surface area contributed by atoms with Gasteiger partial charge in [0.1, 0.15) is 17.2 Å². The molecule has 284 valence electrons. The second-order valence-electron chi connectivity index (χ2n) is 12.5. The lowest BCUT2D eigenvalue weighted by Crippen LogP contribution is -2.48. The minimum atomic E-state index is -1.00. The fraction of sp³-hybridized carbons (Fsp3) is 0.286. The monoisotopic (exact) mass is 760 g/mol. The number of carboxylic acid groups (broad SMARTS) is 1. The van der Waals surface area contributed by atoms with Gasteiger partial charge in [0.05, 0.1) is 28.9 Å². The molecule has 2 saturated heterocycles. The molecule has 0 radical (unpaired) electrons. The van der Waals surface area contributed by atoms with Crippen molar-refractivity contribution < 1.29 is 43.2 Å². The van der Waals surface area contributed by atoms with Crippen molar-refractivity contribution in [3.8, 4) is 23.7 Å². The van der Waals surface area contributed by atoms with Crippen LogP contribution in [0.15, 0.2) is 97.1 Å². The highest BCUT2D eigenvalue weighted by Crippen LogP contribution is 2.19. The summed E-state index contributed by atoms with van der Waals surface area (Å²) in [6, 6.07) is 25.4. The van der Waals surface area contributed by atoms with E-state index in [2.05, 4.69) is 29.0 Å². The summed E-state index contributed by atoms with van der Waals surface area (Å²) in [5.74, 6) is 9.17. The largest absolute Gasteiger partial charge is 0.478 e. The lowest BCUT2D eigenvalue weighted by molar-refractivity contribution is -0.0820. The Hall–Kier alpha value is -5.11. The number of aromatic carboxylic acids is 1. The summed E-state index contributed by atoms with van der Waals surface area (Å²) in [6.07, 6.45) is 2.76. The number of nitrogens with one attached hydrogen (secondary N) is 1. The van der Waals surface area contributed by atoms with Crippen LogP contribution in [0.25, 0.3) is 0 Å². The first-order valence-corrected chi connectivity index (χ1v) is 17.0. The predicted molar refractivity (Wildman–Crippen MR) is 203 cm³/mol. The summed E-state index contributed by atoms with van der Waals surface area (Å²) in [5.41, 5.74) is 6.35. The zero-order valence-corrected chi connectivity index (χ0v) is 30.3. The maximum atomic E-state index is 13.5. The molecule has 6 rings (SSSR count). The summed E-state index contributed by atoms with van der Waals surface area (Å²) >= 11 is 0. The molecule has 0 bridgehead atoms. The summed E-state index contributed by atoms with van der Waals surface area (Å²) in [4.78, 5) is 22.9. The quantitative estimate of drug-likeness (QED) is 0.172. The standard InChI is InChI=1S/C21H20FNO3.C15H9FO2.C6H13NO2.ClH/c22-19-5-2-1-4-17(19)9-6-16-7-10-18(11-8-16)20(24)23-14-21(25)12-3-13-26-15-21;16-14-4-2-1-3-12(14)8-5-11-6-9-13(10-7-11)15(17)18;7-5-6(8)1-3-9-4-2-6;/h1-2,4-5,7-8,10-11,25H,3,12-15H2,(H,23,24);1-4,6-7,9-10H,(H,17,18);8H,1-5,7H2;1H. The number of hydrogen-bond acceptors (Lipinski definition) is 7. The second-order valence-corrected chi connectivity index (χ2v) is 12.5. The Kier molecular flexibility index (Phi) is 17.3.